The van der Waals surface area contributed by atoms with E-state index in [1.807, 2.05) is 0 Å². The summed E-state index contributed by atoms with van der Waals surface area (Å²) < 4.78 is 5.18. The average Bonchev–Trinajstić information content (AvgIpc) is 2.40. The van der Waals surface area contributed by atoms with Crippen LogP contribution in [-0.4, -0.2) is 32.7 Å². The van der Waals surface area contributed by atoms with Crippen LogP contribution < -0.4 is 15.0 Å². The number of rotatable bonds is 3. The number of likely N-dealkylation sites (N-methyl/N-ethyl adjacent to an activating group) is 1. The molecule has 4 nitrogen and oxygen atoms in total. The minimum atomic E-state index is -0.124. The van der Waals surface area contributed by atoms with Crippen LogP contribution in [-0.2, 0) is 4.79 Å². The van der Waals surface area contributed by atoms with Crippen molar-refractivity contribution in [1.29, 1.82) is 0 Å². The molecule has 2 rings (SSSR count). The van der Waals surface area contributed by atoms with Gasteiger partial charge in [0.15, 0.2) is 0 Å². The van der Waals surface area contributed by atoms with Crippen LogP contribution in [0.25, 0.3) is 0 Å². The lowest BCUT2D eigenvalue weighted by Crippen LogP contribution is -2.49. The predicted molar refractivity (Wildman–Crippen MR) is 72.4 cm³/mol. The van der Waals surface area contributed by atoms with E-state index >= 15 is 0 Å². The number of anilines is 1. The molecule has 0 aliphatic carbocycles. The van der Waals surface area contributed by atoms with Gasteiger partial charge in [-0.15, -0.1) is 0 Å². The fourth-order valence-corrected chi connectivity index (χ4v) is 2.43. The molecular formula is C13H17ClN2O2. The molecule has 1 heterocycles. The van der Waals surface area contributed by atoms with E-state index in [9.17, 15) is 4.79 Å². The Hall–Kier alpha value is -1.26. The molecule has 1 aliphatic heterocycles. The molecule has 18 heavy (non-hydrogen) atoms. The molecule has 1 aromatic carbocycles. The van der Waals surface area contributed by atoms with Crippen LogP contribution in [0.1, 0.15) is 12.8 Å². The summed E-state index contributed by atoms with van der Waals surface area (Å²) in [5.41, 5.74) is 0.723. The van der Waals surface area contributed by atoms with Crippen LogP contribution >= 0.6 is 11.6 Å². The van der Waals surface area contributed by atoms with Crippen LogP contribution in [0.4, 0.5) is 5.69 Å². The number of nitrogens with zero attached hydrogens (tertiary/aromatic N) is 1. The molecule has 1 aliphatic rings. The van der Waals surface area contributed by atoms with Gasteiger partial charge >= 0.3 is 0 Å². The summed E-state index contributed by atoms with van der Waals surface area (Å²) >= 11 is 6.17. The molecule has 1 amide bonds. The molecule has 0 aromatic heterocycles. The molecule has 0 radical (unpaired) electrons. The summed E-state index contributed by atoms with van der Waals surface area (Å²) in [5.74, 6) is 0.771. The van der Waals surface area contributed by atoms with Crippen LogP contribution in [0, 0.1) is 0 Å². The third-order valence-corrected chi connectivity index (χ3v) is 3.55. The second-order valence-corrected chi connectivity index (χ2v) is 4.70. The van der Waals surface area contributed by atoms with E-state index in [4.69, 9.17) is 16.3 Å². The molecule has 1 N–H and O–H groups in total. The van der Waals surface area contributed by atoms with Gasteiger partial charge in [-0.2, -0.15) is 0 Å². The van der Waals surface area contributed by atoms with Crippen LogP contribution in [0.3, 0.4) is 0 Å². The number of halogens is 1. The SMILES string of the molecule is CNC1CCCN(c2cc(OC)ccc2Cl)C1=O. The van der Waals surface area contributed by atoms with E-state index in [-0.39, 0.29) is 11.9 Å². The first-order valence-electron chi connectivity index (χ1n) is 5.99. The van der Waals surface area contributed by atoms with Gasteiger partial charge in [-0.1, -0.05) is 11.6 Å². The third-order valence-electron chi connectivity index (χ3n) is 3.23. The first-order valence-corrected chi connectivity index (χ1v) is 6.37. The summed E-state index contributed by atoms with van der Waals surface area (Å²) in [6, 6.07) is 5.22. The van der Waals surface area contributed by atoms with E-state index in [0.717, 1.165) is 18.5 Å². The van der Waals surface area contributed by atoms with Gasteiger partial charge in [-0.25, -0.2) is 0 Å². The summed E-state index contributed by atoms with van der Waals surface area (Å²) in [5, 5.41) is 3.61. The maximum Gasteiger partial charge on any atom is 0.244 e. The summed E-state index contributed by atoms with van der Waals surface area (Å²) in [6.45, 7) is 0.698. The molecular weight excluding hydrogens is 252 g/mol. The van der Waals surface area contributed by atoms with E-state index < -0.39 is 0 Å². The smallest absolute Gasteiger partial charge is 0.244 e. The fourth-order valence-electron chi connectivity index (χ4n) is 2.21. The topological polar surface area (TPSA) is 41.6 Å². The Bertz CT molecular complexity index is 451. The lowest BCUT2D eigenvalue weighted by molar-refractivity contribution is -0.121. The van der Waals surface area contributed by atoms with Crippen molar-refractivity contribution < 1.29 is 9.53 Å². The van der Waals surface area contributed by atoms with Crippen molar-refractivity contribution >= 4 is 23.2 Å². The van der Waals surface area contributed by atoms with Crippen molar-refractivity contribution in [1.82, 2.24) is 5.32 Å². The molecule has 0 spiro atoms. The Kier molecular flexibility index (Phi) is 4.09. The van der Waals surface area contributed by atoms with Crippen molar-refractivity contribution in [3.05, 3.63) is 23.2 Å². The largest absolute Gasteiger partial charge is 0.497 e. The second kappa shape index (κ2) is 5.59. The maximum atomic E-state index is 12.3. The number of hydrogen-bond donors (Lipinski definition) is 1. The predicted octanol–water partition coefficient (Wildman–Crippen LogP) is 2.06. The average molecular weight is 269 g/mol. The molecule has 1 atom stereocenters. The number of benzene rings is 1. The zero-order valence-electron chi connectivity index (χ0n) is 10.6. The molecule has 0 bridgehead atoms. The number of amides is 1. The molecule has 1 fully saturated rings. The molecule has 98 valence electrons. The zero-order valence-corrected chi connectivity index (χ0v) is 11.3. The zero-order chi connectivity index (χ0) is 13.1. The summed E-state index contributed by atoms with van der Waals surface area (Å²) in [6.07, 6.45) is 1.83. The van der Waals surface area contributed by atoms with Crippen LogP contribution in [0.15, 0.2) is 18.2 Å². The highest BCUT2D eigenvalue weighted by molar-refractivity contribution is 6.34. The Morgan fingerprint density at radius 1 is 1.50 bits per heavy atom. The number of hydrogen-bond acceptors (Lipinski definition) is 3. The van der Waals surface area contributed by atoms with Gasteiger partial charge in [-0.05, 0) is 32.0 Å². The Morgan fingerprint density at radius 3 is 2.94 bits per heavy atom. The number of carbonyl (C=O) groups is 1. The van der Waals surface area contributed by atoms with Gasteiger partial charge in [0.1, 0.15) is 5.75 Å². The first-order chi connectivity index (χ1) is 8.67. The fraction of sp³-hybridized carbons (Fsp3) is 0.462. The van der Waals surface area contributed by atoms with E-state index in [2.05, 4.69) is 5.32 Å². The molecule has 1 unspecified atom stereocenters. The van der Waals surface area contributed by atoms with Crippen molar-refractivity contribution in [2.45, 2.75) is 18.9 Å². The summed E-state index contributed by atoms with van der Waals surface area (Å²) in [4.78, 5) is 14.0. The van der Waals surface area contributed by atoms with Gasteiger partial charge in [0.2, 0.25) is 5.91 Å². The van der Waals surface area contributed by atoms with Gasteiger partial charge in [0.25, 0.3) is 0 Å². The minimum Gasteiger partial charge on any atom is -0.497 e. The Labute approximate surface area is 112 Å². The highest BCUT2D eigenvalue weighted by Crippen LogP contribution is 2.32. The standard InChI is InChI=1S/C13H17ClN2O2/c1-15-11-4-3-7-16(13(11)17)12-8-9(18-2)5-6-10(12)14/h5-6,8,11,15H,3-4,7H2,1-2H3. The lowest BCUT2D eigenvalue weighted by atomic mass is 10.0. The molecule has 1 aromatic rings. The lowest BCUT2D eigenvalue weighted by Gasteiger charge is -2.32. The number of carbonyl (C=O) groups excluding carboxylic acids is 1. The van der Waals surface area contributed by atoms with Crippen LogP contribution in [0.2, 0.25) is 5.02 Å². The monoisotopic (exact) mass is 268 g/mol. The normalized spacial score (nSPS) is 20.1. The van der Waals surface area contributed by atoms with E-state index in [1.165, 1.54) is 0 Å². The van der Waals surface area contributed by atoms with Crippen molar-refractivity contribution in [2.75, 3.05) is 25.6 Å². The maximum absolute atomic E-state index is 12.3. The Morgan fingerprint density at radius 2 is 2.28 bits per heavy atom. The van der Waals surface area contributed by atoms with Crippen molar-refractivity contribution in [2.24, 2.45) is 0 Å². The summed E-state index contributed by atoms with van der Waals surface area (Å²) in [7, 11) is 3.40. The minimum absolute atomic E-state index is 0.0684. The molecule has 0 saturated carbocycles. The Balaban J connectivity index is 2.32. The quantitative estimate of drug-likeness (QED) is 0.912. The van der Waals surface area contributed by atoms with Gasteiger partial charge < -0.3 is 15.0 Å². The molecule has 1 saturated heterocycles. The van der Waals surface area contributed by atoms with Gasteiger partial charge in [0.05, 0.1) is 23.9 Å². The number of nitrogens with one attached hydrogen (secondary N) is 1. The number of ether oxygens (including phenoxy) is 1. The highest BCUT2D eigenvalue weighted by atomic mass is 35.5. The van der Waals surface area contributed by atoms with Crippen molar-refractivity contribution in [3.63, 3.8) is 0 Å². The second-order valence-electron chi connectivity index (χ2n) is 4.29. The van der Waals surface area contributed by atoms with E-state index in [0.29, 0.717) is 17.3 Å². The number of methoxy groups -OCH3 is 1. The number of piperidine rings is 1. The van der Waals surface area contributed by atoms with Crippen molar-refractivity contribution in [3.8, 4) is 5.75 Å². The van der Waals surface area contributed by atoms with Gasteiger partial charge in [-0.3, -0.25) is 4.79 Å². The van der Waals surface area contributed by atoms with E-state index in [1.54, 1.807) is 37.3 Å². The molecule has 5 heteroatoms. The highest BCUT2D eigenvalue weighted by Gasteiger charge is 2.29. The third kappa shape index (κ3) is 2.44. The first kappa shape index (κ1) is 13.2. The van der Waals surface area contributed by atoms with Crippen LogP contribution in [0.5, 0.6) is 5.75 Å². The van der Waals surface area contributed by atoms with Gasteiger partial charge in [0, 0.05) is 12.6 Å².